The Morgan fingerprint density at radius 3 is 2.67 bits per heavy atom. The molecule has 0 saturated carbocycles. The largest absolute Gasteiger partial charge is 0.495 e. The zero-order valence-electron chi connectivity index (χ0n) is 12.2. The summed E-state index contributed by atoms with van der Waals surface area (Å²) in [5, 5.41) is 3.24. The number of carbonyl (C=O) groups is 1. The summed E-state index contributed by atoms with van der Waals surface area (Å²) in [6.45, 7) is 3.97. The quantitative estimate of drug-likeness (QED) is 0.907. The van der Waals surface area contributed by atoms with E-state index < -0.39 is 0 Å². The van der Waals surface area contributed by atoms with Gasteiger partial charge in [-0.3, -0.25) is 4.79 Å². The molecule has 0 aliphatic heterocycles. The van der Waals surface area contributed by atoms with Gasteiger partial charge in [-0.05, 0) is 38.1 Å². The van der Waals surface area contributed by atoms with Crippen LogP contribution >= 0.6 is 11.6 Å². The van der Waals surface area contributed by atoms with E-state index in [-0.39, 0.29) is 11.9 Å². The maximum absolute atomic E-state index is 12.4. The molecular weight excluding hydrogens is 290 g/mol. The Labute approximate surface area is 128 Å². The maximum atomic E-state index is 12.4. The van der Waals surface area contributed by atoms with Crippen LogP contribution < -0.4 is 15.8 Å². The summed E-state index contributed by atoms with van der Waals surface area (Å²) in [6, 6.07) is 6.87. The number of methoxy groups -OCH3 is 1. The second-order valence-electron chi connectivity index (χ2n) is 4.96. The van der Waals surface area contributed by atoms with Crippen molar-refractivity contribution in [1.29, 1.82) is 0 Å². The number of amides is 1. The summed E-state index contributed by atoms with van der Waals surface area (Å²) < 4.78 is 6.91. The summed E-state index contributed by atoms with van der Waals surface area (Å²) in [5.41, 5.74) is 7.44. The van der Waals surface area contributed by atoms with Crippen molar-refractivity contribution in [2.24, 2.45) is 0 Å². The van der Waals surface area contributed by atoms with Gasteiger partial charge >= 0.3 is 0 Å². The molecule has 21 heavy (non-hydrogen) atoms. The van der Waals surface area contributed by atoms with E-state index in [0.29, 0.717) is 27.8 Å². The second kappa shape index (κ2) is 6.10. The zero-order valence-corrected chi connectivity index (χ0v) is 12.9. The first-order valence-corrected chi connectivity index (χ1v) is 6.92. The first-order valence-electron chi connectivity index (χ1n) is 6.54. The fourth-order valence-corrected chi connectivity index (χ4v) is 2.31. The molecule has 5 nitrogen and oxygen atoms in total. The molecule has 1 aromatic heterocycles. The van der Waals surface area contributed by atoms with Crippen LogP contribution in [-0.4, -0.2) is 17.6 Å². The van der Waals surface area contributed by atoms with Gasteiger partial charge in [-0.2, -0.15) is 0 Å². The van der Waals surface area contributed by atoms with Crippen molar-refractivity contribution >= 4 is 28.9 Å². The molecule has 1 amide bonds. The number of halogens is 1. The Kier molecular flexibility index (Phi) is 4.43. The van der Waals surface area contributed by atoms with Crippen molar-refractivity contribution in [3.05, 3.63) is 41.2 Å². The van der Waals surface area contributed by atoms with Crippen LogP contribution in [0.25, 0.3) is 0 Å². The van der Waals surface area contributed by atoms with Crippen molar-refractivity contribution in [3.8, 4) is 5.75 Å². The number of aromatic nitrogens is 1. The molecule has 1 heterocycles. The van der Waals surface area contributed by atoms with Gasteiger partial charge in [-0.15, -0.1) is 0 Å². The number of hydrogen-bond acceptors (Lipinski definition) is 3. The van der Waals surface area contributed by atoms with Crippen molar-refractivity contribution in [1.82, 2.24) is 4.57 Å². The number of nitrogens with one attached hydrogen (secondary N) is 1. The van der Waals surface area contributed by atoms with Gasteiger partial charge in [0, 0.05) is 17.9 Å². The molecule has 0 aliphatic carbocycles. The molecule has 2 rings (SSSR count). The molecule has 6 heteroatoms. The summed E-state index contributed by atoms with van der Waals surface area (Å²) in [6.07, 6.45) is 1.75. The van der Waals surface area contributed by atoms with E-state index in [0.717, 1.165) is 0 Å². The third kappa shape index (κ3) is 3.31. The number of hydrogen-bond donors (Lipinski definition) is 2. The Hall–Kier alpha value is -2.14. The van der Waals surface area contributed by atoms with E-state index in [1.165, 1.54) is 7.11 Å². The summed E-state index contributed by atoms with van der Waals surface area (Å²) in [5.74, 6) is 0.325. The molecule has 0 fully saturated rings. The van der Waals surface area contributed by atoms with E-state index >= 15 is 0 Å². The topological polar surface area (TPSA) is 69.3 Å². The molecule has 1 aromatic carbocycles. The minimum atomic E-state index is -0.235. The molecule has 0 spiro atoms. The maximum Gasteiger partial charge on any atom is 0.272 e. The number of ether oxygens (including phenoxy) is 1. The highest BCUT2D eigenvalue weighted by Crippen LogP contribution is 2.27. The highest BCUT2D eigenvalue weighted by atomic mass is 35.5. The molecule has 0 bridgehead atoms. The third-order valence-corrected chi connectivity index (χ3v) is 3.36. The Bertz CT molecular complexity index is 665. The molecule has 0 saturated heterocycles. The van der Waals surface area contributed by atoms with Crippen LogP contribution in [0.4, 0.5) is 11.4 Å². The minimum absolute atomic E-state index is 0.141. The van der Waals surface area contributed by atoms with Gasteiger partial charge < -0.3 is 20.4 Å². The number of rotatable bonds is 4. The number of nitrogens with zero attached hydrogens (tertiary/aromatic N) is 1. The Balaban J connectivity index is 2.24. The van der Waals surface area contributed by atoms with Crippen LogP contribution in [-0.2, 0) is 0 Å². The van der Waals surface area contributed by atoms with E-state index in [9.17, 15) is 4.79 Å². The number of benzene rings is 1. The summed E-state index contributed by atoms with van der Waals surface area (Å²) in [4.78, 5) is 12.4. The van der Waals surface area contributed by atoms with E-state index in [4.69, 9.17) is 22.1 Å². The smallest absolute Gasteiger partial charge is 0.272 e. The molecule has 0 aliphatic rings. The highest BCUT2D eigenvalue weighted by Gasteiger charge is 2.15. The highest BCUT2D eigenvalue weighted by molar-refractivity contribution is 6.32. The average Bonchev–Trinajstić information content (AvgIpc) is 2.81. The van der Waals surface area contributed by atoms with Crippen molar-refractivity contribution in [2.45, 2.75) is 19.9 Å². The van der Waals surface area contributed by atoms with Gasteiger partial charge in [0.15, 0.2) is 0 Å². The van der Waals surface area contributed by atoms with Crippen molar-refractivity contribution < 1.29 is 9.53 Å². The normalized spacial score (nSPS) is 10.7. The lowest BCUT2D eigenvalue weighted by molar-refractivity contribution is 0.101. The second-order valence-corrected chi connectivity index (χ2v) is 5.37. The van der Waals surface area contributed by atoms with E-state index in [2.05, 4.69) is 5.32 Å². The van der Waals surface area contributed by atoms with Crippen LogP contribution in [0.2, 0.25) is 5.02 Å². The Morgan fingerprint density at radius 1 is 1.38 bits per heavy atom. The number of anilines is 2. The lowest BCUT2D eigenvalue weighted by Gasteiger charge is -2.13. The van der Waals surface area contributed by atoms with Crippen molar-refractivity contribution in [2.75, 3.05) is 18.2 Å². The lowest BCUT2D eigenvalue weighted by Crippen LogP contribution is -2.17. The molecular formula is C15H18ClN3O2. The van der Waals surface area contributed by atoms with Crippen LogP contribution in [0, 0.1) is 0 Å². The van der Waals surface area contributed by atoms with Crippen molar-refractivity contribution in [3.63, 3.8) is 0 Å². The van der Waals surface area contributed by atoms with Gasteiger partial charge in [0.1, 0.15) is 11.4 Å². The first-order chi connectivity index (χ1) is 9.92. The number of nitrogen functional groups attached to an aromatic ring is 1. The summed E-state index contributed by atoms with van der Waals surface area (Å²) >= 11 is 6.04. The Morgan fingerprint density at radius 2 is 2.10 bits per heavy atom. The zero-order chi connectivity index (χ0) is 15.6. The molecule has 0 atom stereocenters. The predicted octanol–water partition coefficient (Wildman–Crippen LogP) is 3.57. The third-order valence-electron chi connectivity index (χ3n) is 3.07. The number of nitrogens with two attached hydrogens (primary N) is 1. The number of carbonyl (C=O) groups excluding carboxylic acids is 1. The van der Waals surface area contributed by atoms with Gasteiger partial charge in [0.05, 0.1) is 17.8 Å². The fraction of sp³-hybridized carbons (Fsp3) is 0.267. The van der Waals surface area contributed by atoms with Crippen LogP contribution in [0.15, 0.2) is 30.5 Å². The SMILES string of the molecule is COc1ccc(NC(=O)c2cc(N)cn2C(C)C)cc1Cl. The first kappa shape index (κ1) is 15.3. The monoisotopic (exact) mass is 307 g/mol. The van der Waals surface area contributed by atoms with E-state index in [1.807, 2.05) is 18.4 Å². The molecule has 2 aromatic rings. The molecule has 0 radical (unpaired) electrons. The van der Waals surface area contributed by atoms with Gasteiger partial charge in [-0.1, -0.05) is 11.6 Å². The fourth-order valence-electron chi connectivity index (χ4n) is 2.05. The molecule has 112 valence electrons. The van der Waals surface area contributed by atoms with Gasteiger partial charge in [0.25, 0.3) is 5.91 Å². The molecule has 0 unspecified atom stereocenters. The van der Waals surface area contributed by atoms with Gasteiger partial charge in [0.2, 0.25) is 0 Å². The predicted molar refractivity (Wildman–Crippen MR) is 85.2 cm³/mol. The average molecular weight is 308 g/mol. The van der Waals surface area contributed by atoms with Gasteiger partial charge in [-0.25, -0.2) is 0 Å². The summed E-state index contributed by atoms with van der Waals surface area (Å²) in [7, 11) is 1.54. The molecule has 3 N–H and O–H groups in total. The van der Waals surface area contributed by atoms with Crippen LogP contribution in [0.3, 0.4) is 0 Å². The minimum Gasteiger partial charge on any atom is -0.495 e. The van der Waals surface area contributed by atoms with Crippen LogP contribution in [0.5, 0.6) is 5.75 Å². The standard InChI is InChI=1S/C15H18ClN3O2/c1-9(2)19-8-10(17)6-13(19)15(20)18-11-4-5-14(21-3)12(16)7-11/h4-9H,17H2,1-3H3,(H,18,20). The lowest BCUT2D eigenvalue weighted by atomic mass is 10.2. The van der Waals surface area contributed by atoms with E-state index in [1.54, 1.807) is 30.5 Å². The van der Waals surface area contributed by atoms with Crippen LogP contribution in [0.1, 0.15) is 30.4 Å².